The number of aromatic nitrogens is 1. The Morgan fingerprint density at radius 3 is 2.40 bits per heavy atom. The van der Waals surface area contributed by atoms with Crippen molar-refractivity contribution in [3.05, 3.63) is 41.7 Å². The third kappa shape index (κ3) is 3.85. The molecule has 20 heavy (non-hydrogen) atoms. The molecular formula is C15H18N2O3. The summed E-state index contributed by atoms with van der Waals surface area (Å²) in [5, 5.41) is 6.38. The molecule has 2 rings (SSSR count). The lowest BCUT2D eigenvalue weighted by atomic mass is 10.1. The smallest absolute Gasteiger partial charge is 0.256 e. The molecule has 106 valence electrons. The lowest BCUT2D eigenvalue weighted by molar-refractivity contribution is 0.102. The van der Waals surface area contributed by atoms with Crippen LogP contribution in [0.15, 0.2) is 34.9 Å². The predicted octanol–water partition coefficient (Wildman–Crippen LogP) is 3.41. The first kappa shape index (κ1) is 14.1. The van der Waals surface area contributed by atoms with Crippen LogP contribution in [-0.2, 0) is 0 Å². The van der Waals surface area contributed by atoms with Gasteiger partial charge in [-0.25, -0.2) is 0 Å². The quantitative estimate of drug-likeness (QED) is 0.931. The Morgan fingerprint density at radius 1 is 1.25 bits per heavy atom. The first-order chi connectivity index (χ1) is 9.33. The van der Waals surface area contributed by atoms with E-state index >= 15 is 0 Å². The van der Waals surface area contributed by atoms with Crippen LogP contribution in [0.1, 0.15) is 36.9 Å². The van der Waals surface area contributed by atoms with E-state index in [0.29, 0.717) is 17.1 Å². The number of aryl methyl sites for hydroxylation is 1. The standard InChI is InChI=1S/C15H18N2O3/c1-10-9-13(17-20-10)16-14(18)11-5-7-12(8-6-11)19-15(2,3)4/h5-9H,1-4H3,(H,16,17,18). The van der Waals surface area contributed by atoms with Crippen molar-refractivity contribution in [2.75, 3.05) is 5.32 Å². The van der Waals surface area contributed by atoms with Crippen LogP contribution < -0.4 is 10.1 Å². The van der Waals surface area contributed by atoms with Gasteiger partial charge in [-0.15, -0.1) is 0 Å². The minimum absolute atomic E-state index is 0.236. The van der Waals surface area contributed by atoms with E-state index in [-0.39, 0.29) is 11.5 Å². The molecule has 1 N–H and O–H groups in total. The number of amides is 1. The third-order valence-corrected chi connectivity index (χ3v) is 2.41. The zero-order valence-corrected chi connectivity index (χ0v) is 12.1. The number of nitrogens with one attached hydrogen (secondary N) is 1. The van der Waals surface area contributed by atoms with Crippen molar-refractivity contribution in [2.45, 2.75) is 33.3 Å². The minimum atomic E-state index is -0.262. The number of rotatable bonds is 3. The molecule has 5 nitrogen and oxygen atoms in total. The van der Waals surface area contributed by atoms with Crippen LogP contribution in [-0.4, -0.2) is 16.7 Å². The summed E-state index contributed by atoms with van der Waals surface area (Å²) < 4.78 is 10.6. The van der Waals surface area contributed by atoms with Crippen molar-refractivity contribution < 1.29 is 14.1 Å². The highest BCUT2D eigenvalue weighted by Gasteiger charge is 2.13. The van der Waals surface area contributed by atoms with E-state index < -0.39 is 0 Å². The van der Waals surface area contributed by atoms with Gasteiger partial charge in [-0.2, -0.15) is 0 Å². The highest BCUT2D eigenvalue weighted by molar-refractivity contribution is 6.03. The maximum absolute atomic E-state index is 12.0. The Bertz CT molecular complexity index is 594. The highest BCUT2D eigenvalue weighted by Crippen LogP contribution is 2.19. The Balaban J connectivity index is 2.04. The van der Waals surface area contributed by atoms with Gasteiger partial charge < -0.3 is 14.6 Å². The van der Waals surface area contributed by atoms with Crippen molar-refractivity contribution in [3.8, 4) is 5.75 Å². The average Bonchev–Trinajstić information content (AvgIpc) is 2.73. The van der Waals surface area contributed by atoms with E-state index in [1.165, 1.54) is 0 Å². The van der Waals surface area contributed by atoms with E-state index in [4.69, 9.17) is 9.26 Å². The van der Waals surface area contributed by atoms with Crippen molar-refractivity contribution >= 4 is 11.7 Å². The predicted molar refractivity (Wildman–Crippen MR) is 76.0 cm³/mol. The van der Waals surface area contributed by atoms with Gasteiger partial charge in [0.1, 0.15) is 17.1 Å². The topological polar surface area (TPSA) is 64.4 Å². The van der Waals surface area contributed by atoms with Gasteiger partial charge in [0.25, 0.3) is 5.91 Å². The summed E-state index contributed by atoms with van der Waals surface area (Å²) in [6, 6.07) is 8.63. The molecule has 1 aromatic heterocycles. The lowest BCUT2D eigenvalue weighted by Crippen LogP contribution is -2.23. The molecule has 0 atom stereocenters. The summed E-state index contributed by atoms with van der Waals surface area (Å²) in [4.78, 5) is 12.0. The SMILES string of the molecule is Cc1cc(NC(=O)c2ccc(OC(C)(C)C)cc2)no1. The van der Waals surface area contributed by atoms with Crippen molar-refractivity contribution in [1.82, 2.24) is 5.16 Å². The molecular weight excluding hydrogens is 256 g/mol. The molecule has 0 radical (unpaired) electrons. The molecule has 0 bridgehead atoms. The van der Waals surface area contributed by atoms with Gasteiger partial charge in [-0.05, 0) is 52.0 Å². The fraction of sp³-hybridized carbons (Fsp3) is 0.333. The number of benzene rings is 1. The second kappa shape index (κ2) is 5.36. The van der Waals surface area contributed by atoms with Gasteiger partial charge >= 0.3 is 0 Å². The van der Waals surface area contributed by atoms with Crippen LogP contribution in [0.5, 0.6) is 5.75 Å². The monoisotopic (exact) mass is 274 g/mol. The molecule has 1 heterocycles. The van der Waals surface area contributed by atoms with Crippen LogP contribution in [0.25, 0.3) is 0 Å². The minimum Gasteiger partial charge on any atom is -0.488 e. The molecule has 1 aromatic carbocycles. The van der Waals surface area contributed by atoms with Crippen LogP contribution >= 0.6 is 0 Å². The Labute approximate surface area is 117 Å². The summed E-state index contributed by atoms with van der Waals surface area (Å²) in [5.41, 5.74) is 0.272. The molecule has 0 aliphatic rings. The fourth-order valence-electron chi connectivity index (χ4n) is 1.64. The van der Waals surface area contributed by atoms with E-state index in [2.05, 4.69) is 10.5 Å². The number of ether oxygens (including phenoxy) is 1. The largest absolute Gasteiger partial charge is 0.488 e. The Hall–Kier alpha value is -2.30. The number of anilines is 1. The van der Waals surface area contributed by atoms with Crippen LogP contribution in [0.2, 0.25) is 0 Å². The summed E-state index contributed by atoms with van der Waals surface area (Å²) >= 11 is 0. The number of carbonyl (C=O) groups excluding carboxylic acids is 1. The molecule has 0 aliphatic heterocycles. The Kier molecular flexibility index (Phi) is 3.79. The van der Waals surface area contributed by atoms with Gasteiger partial charge in [0, 0.05) is 11.6 Å². The third-order valence-electron chi connectivity index (χ3n) is 2.41. The number of carbonyl (C=O) groups is 1. The van der Waals surface area contributed by atoms with Crippen molar-refractivity contribution in [1.29, 1.82) is 0 Å². The van der Waals surface area contributed by atoms with Gasteiger partial charge in [0.05, 0.1) is 0 Å². The molecule has 0 saturated carbocycles. The summed E-state index contributed by atoms with van der Waals surface area (Å²) in [5.74, 6) is 1.55. The normalized spacial score (nSPS) is 11.2. The van der Waals surface area contributed by atoms with E-state index in [9.17, 15) is 4.79 Å². The van der Waals surface area contributed by atoms with E-state index in [1.807, 2.05) is 20.8 Å². The van der Waals surface area contributed by atoms with Crippen LogP contribution in [0.3, 0.4) is 0 Å². The molecule has 0 saturated heterocycles. The second-order valence-electron chi connectivity index (χ2n) is 5.52. The molecule has 0 fully saturated rings. The van der Waals surface area contributed by atoms with Crippen LogP contribution in [0, 0.1) is 6.92 Å². The fourth-order valence-corrected chi connectivity index (χ4v) is 1.64. The second-order valence-corrected chi connectivity index (χ2v) is 5.52. The average molecular weight is 274 g/mol. The first-order valence-electron chi connectivity index (χ1n) is 6.37. The molecule has 0 aliphatic carbocycles. The van der Waals surface area contributed by atoms with Gasteiger partial charge in [0.2, 0.25) is 0 Å². The van der Waals surface area contributed by atoms with E-state index in [1.54, 1.807) is 37.3 Å². The highest BCUT2D eigenvalue weighted by atomic mass is 16.5. The Morgan fingerprint density at radius 2 is 1.90 bits per heavy atom. The van der Waals surface area contributed by atoms with Crippen molar-refractivity contribution in [2.24, 2.45) is 0 Å². The lowest BCUT2D eigenvalue weighted by Gasteiger charge is -2.21. The van der Waals surface area contributed by atoms with E-state index in [0.717, 1.165) is 5.75 Å². The summed E-state index contributed by atoms with van der Waals surface area (Å²) in [7, 11) is 0. The number of hydrogen-bond donors (Lipinski definition) is 1. The van der Waals surface area contributed by atoms with Gasteiger partial charge in [0.15, 0.2) is 5.82 Å². The van der Waals surface area contributed by atoms with Crippen molar-refractivity contribution in [3.63, 3.8) is 0 Å². The zero-order valence-electron chi connectivity index (χ0n) is 12.1. The molecule has 1 amide bonds. The maximum atomic E-state index is 12.0. The first-order valence-corrected chi connectivity index (χ1v) is 6.37. The maximum Gasteiger partial charge on any atom is 0.256 e. The van der Waals surface area contributed by atoms with Gasteiger partial charge in [-0.1, -0.05) is 5.16 Å². The summed E-state index contributed by atoms with van der Waals surface area (Å²) in [6.45, 7) is 7.68. The number of hydrogen-bond acceptors (Lipinski definition) is 4. The zero-order chi connectivity index (χ0) is 14.8. The van der Waals surface area contributed by atoms with Gasteiger partial charge in [-0.3, -0.25) is 4.79 Å². The number of nitrogens with zero attached hydrogens (tertiary/aromatic N) is 1. The molecule has 2 aromatic rings. The van der Waals surface area contributed by atoms with Crippen LogP contribution in [0.4, 0.5) is 5.82 Å². The summed E-state index contributed by atoms with van der Waals surface area (Å²) in [6.07, 6.45) is 0. The molecule has 0 spiro atoms. The molecule has 5 heteroatoms. The molecule has 0 unspecified atom stereocenters.